The second-order valence-electron chi connectivity index (χ2n) is 5.42. The predicted octanol–water partition coefficient (Wildman–Crippen LogP) is 2.87. The molecule has 1 amide bonds. The van der Waals surface area contributed by atoms with Gasteiger partial charge in [0.1, 0.15) is 18.4 Å². The van der Waals surface area contributed by atoms with Crippen molar-refractivity contribution in [2.24, 2.45) is 0 Å². The number of aryl methyl sites for hydroxylation is 1. The lowest BCUT2D eigenvalue weighted by Crippen LogP contribution is -2.30. The number of para-hydroxylation sites is 1. The topological polar surface area (TPSA) is 87.8 Å². The van der Waals surface area contributed by atoms with Crippen molar-refractivity contribution in [2.75, 3.05) is 5.32 Å². The van der Waals surface area contributed by atoms with Crippen molar-refractivity contribution in [1.82, 2.24) is 9.55 Å². The molecule has 0 unspecified atom stereocenters. The summed E-state index contributed by atoms with van der Waals surface area (Å²) in [6.45, 7) is 1.51. The van der Waals surface area contributed by atoms with E-state index in [4.69, 9.17) is 16.9 Å². The maximum Gasteiger partial charge on any atom is 0.261 e. The molecule has 6 nitrogen and oxygen atoms in total. The molecule has 0 spiro atoms. The third-order valence-electron chi connectivity index (χ3n) is 3.73. The molecule has 0 saturated heterocycles. The van der Waals surface area contributed by atoms with E-state index in [9.17, 15) is 9.59 Å². The highest BCUT2D eigenvalue weighted by Gasteiger charge is 2.12. The van der Waals surface area contributed by atoms with Gasteiger partial charge in [0.05, 0.1) is 21.5 Å². The minimum Gasteiger partial charge on any atom is -0.324 e. The zero-order valence-corrected chi connectivity index (χ0v) is 14.0. The lowest BCUT2D eigenvalue weighted by molar-refractivity contribution is -0.116. The number of rotatable bonds is 3. The van der Waals surface area contributed by atoms with Gasteiger partial charge in [-0.2, -0.15) is 5.26 Å². The quantitative estimate of drug-likeness (QED) is 0.785. The van der Waals surface area contributed by atoms with Gasteiger partial charge < -0.3 is 5.32 Å². The van der Waals surface area contributed by atoms with E-state index >= 15 is 0 Å². The van der Waals surface area contributed by atoms with E-state index in [0.717, 1.165) is 0 Å². The van der Waals surface area contributed by atoms with Gasteiger partial charge in [-0.15, -0.1) is 0 Å². The van der Waals surface area contributed by atoms with Crippen LogP contribution in [0.4, 0.5) is 5.69 Å². The van der Waals surface area contributed by atoms with Crippen molar-refractivity contribution in [2.45, 2.75) is 13.5 Å². The molecule has 1 N–H and O–H groups in total. The third-order valence-corrected chi connectivity index (χ3v) is 4.04. The van der Waals surface area contributed by atoms with Crippen LogP contribution in [0.25, 0.3) is 10.9 Å². The van der Waals surface area contributed by atoms with Gasteiger partial charge in [0, 0.05) is 5.69 Å². The van der Waals surface area contributed by atoms with Gasteiger partial charge in [0.15, 0.2) is 0 Å². The standard InChI is InChI=1S/C18H13ClN4O2/c1-11-21-16-5-3-2-4-14(16)18(25)23(11)10-17(24)22-13-7-6-12(9-20)15(19)8-13/h2-8H,10H2,1H3,(H,22,24). The number of carbonyl (C=O) groups is 1. The van der Waals surface area contributed by atoms with Gasteiger partial charge in [0.25, 0.3) is 5.56 Å². The lowest BCUT2D eigenvalue weighted by atomic mass is 10.2. The number of nitriles is 1. The second-order valence-corrected chi connectivity index (χ2v) is 5.83. The van der Waals surface area contributed by atoms with Crippen LogP contribution < -0.4 is 10.9 Å². The molecule has 0 fully saturated rings. The number of benzene rings is 2. The highest BCUT2D eigenvalue weighted by Crippen LogP contribution is 2.20. The number of fused-ring (bicyclic) bond motifs is 1. The highest BCUT2D eigenvalue weighted by molar-refractivity contribution is 6.32. The number of nitrogens with one attached hydrogen (secondary N) is 1. The van der Waals surface area contributed by atoms with E-state index in [1.54, 1.807) is 37.3 Å². The monoisotopic (exact) mass is 352 g/mol. The molecular weight excluding hydrogens is 340 g/mol. The normalized spacial score (nSPS) is 10.4. The van der Waals surface area contributed by atoms with Crippen LogP contribution in [-0.2, 0) is 11.3 Å². The van der Waals surface area contributed by atoms with Crippen LogP contribution in [0.5, 0.6) is 0 Å². The molecule has 0 saturated carbocycles. The summed E-state index contributed by atoms with van der Waals surface area (Å²) in [7, 11) is 0. The molecule has 0 radical (unpaired) electrons. The van der Waals surface area contributed by atoms with Gasteiger partial charge >= 0.3 is 0 Å². The fourth-order valence-corrected chi connectivity index (χ4v) is 2.72. The molecule has 3 rings (SSSR count). The molecule has 0 bridgehead atoms. The summed E-state index contributed by atoms with van der Waals surface area (Å²) in [4.78, 5) is 29.2. The number of amides is 1. The number of anilines is 1. The average molecular weight is 353 g/mol. The maximum atomic E-state index is 12.6. The second kappa shape index (κ2) is 6.75. The van der Waals surface area contributed by atoms with Crippen LogP contribution in [-0.4, -0.2) is 15.5 Å². The number of aromatic nitrogens is 2. The Labute approximate surface area is 148 Å². The van der Waals surface area contributed by atoms with Crippen LogP contribution in [0.1, 0.15) is 11.4 Å². The van der Waals surface area contributed by atoms with Crippen molar-refractivity contribution in [3.63, 3.8) is 0 Å². The van der Waals surface area contributed by atoms with E-state index in [2.05, 4.69) is 10.3 Å². The van der Waals surface area contributed by atoms with Gasteiger partial charge in [0.2, 0.25) is 5.91 Å². The number of carbonyl (C=O) groups excluding carboxylic acids is 1. The molecule has 0 aliphatic rings. The maximum absolute atomic E-state index is 12.6. The summed E-state index contributed by atoms with van der Waals surface area (Å²) < 4.78 is 1.32. The Bertz CT molecular complexity index is 1080. The number of hydrogen-bond acceptors (Lipinski definition) is 4. The summed E-state index contributed by atoms with van der Waals surface area (Å²) in [5, 5.41) is 12.2. The molecule has 25 heavy (non-hydrogen) atoms. The van der Waals surface area contributed by atoms with E-state index in [1.807, 2.05) is 6.07 Å². The van der Waals surface area contributed by atoms with Gasteiger partial charge in [-0.3, -0.25) is 14.2 Å². The first-order chi connectivity index (χ1) is 12.0. The Balaban J connectivity index is 1.86. The smallest absolute Gasteiger partial charge is 0.261 e. The number of nitrogens with zero attached hydrogens (tertiary/aromatic N) is 3. The molecule has 124 valence electrons. The van der Waals surface area contributed by atoms with Crippen LogP contribution in [0, 0.1) is 18.3 Å². The first-order valence-corrected chi connectivity index (χ1v) is 7.83. The molecule has 1 heterocycles. The summed E-state index contributed by atoms with van der Waals surface area (Å²) in [5.41, 5.74) is 1.11. The Hall–Kier alpha value is -3.17. The summed E-state index contributed by atoms with van der Waals surface area (Å²) in [5.74, 6) is 0.0692. The zero-order chi connectivity index (χ0) is 18.0. The van der Waals surface area contributed by atoms with E-state index in [-0.39, 0.29) is 23.0 Å². The fourth-order valence-electron chi connectivity index (χ4n) is 2.49. The summed E-state index contributed by atoms with van der Waals surface area (Å²) in [6, 6.07) is 13.5. The molecule has 0 aliphatic heterocycles. The number of halogens is 1. The van der Waals surface area contributed by atoms with E-state index in [0.29, 0.717) is 28.0 Å². The number of hydrogen-bond donors (Lipinski definition) is 1. The van der Waals surface area contributed by atoms with Gasteiger partial charge in [-0.05, 0) is 37.3 Å². The van der Waals surface area contributed by atoms with Crippen LogP contribution >= 0.6 is 11.6 Å². The first-order valence-electron chi connectivity index (χ1n) is 7.45. The molecule has 2 aromatic carbocycles. The van der Waals surface area contributed by atoms with Crippen LogP contribution in [0.3, 0.4) is 0 Å². The summed E-state index contributed by atoms with van der Waals surface area (Å²) >= 11 is 5.95. The van der Waals surface area contributed by atoms with E-state index in [1.165, 1.54) is 16.7 Å². The largest absolute Gasteiger partial charge is 0.324 e. The minimum absolute atomic E-state index is 0.167. The third kappa shape index (κ3) is 3.37. The Morgan fingerprint density at radius 1 is 1.32 bits per heavy atom. The minimum atomic E-state index is -0.386. The SMILES string of the molecule is Cc1nc2ccccc2c(=O)n1CC(=O)Nc1ccc(C#N)c(Cl)c1. The van der Waals surface area contributed by atoms with E-state index < -0.39 is 0 Å². The molecule has 0 aliphatic carbocycles. The van der Waals surface area contributed by atoms with Crippen molar-refractivity contribution in [3.8, 4) is 6.07 Å². The average Bonchev–Trinajstić information content (AvgIpc) is 2.59. The van der Waals surface area contributed by atoms with Crippen LogP contribution in [0.15, 0.2) is 47.3 Å². The zero-order valence-electron chi connectivity index (χ0n) is 13.3. The van der Waals surface area contributed by atoms with Gasteiger partial charge in [-0.25, -0.2) is 4.98 Å². The highest BCUT2D eigenvalue weighted by atomic mass is 35.5. The van der Waals surface area contributed by atoms with Crippen molar-refractivity contribution in [1.29, 1.82) is 5.26 Å². The Morgan fingerprint density at radius 2 is 2.08 bits per heavy atom. The lowest BCUT2D eigenvalue weighted by Gasteiger charge is -2.11. The Morgan fingerprint density at radius 3 is 2.80 bits per heavy atom. The predicted molar refractivity (Wildman–Crippen MR) is 95.5 cm³/mol. The fraction of sp³-hybridized carbons (Fsp3) is 0.111. The molecule has 0 atom stereocenters. The van der Waals surface area contributed by atoms with Crippen molar-refractivity contribution >= 4 is 34.1 Å². The molecule has 1 aromatic heterocycles. The van der Waals surface area contributed by atoms with Crippen molar-refractivity contribution < 1.29 is 4.79 Å². The Kier molecular flexibility index (Phi) is 4.50. The van der Waals surface area contributed by atoms with Crippen LogP contribution in [0.2, 0.25) is 5.02 Å². The first kappa shape index (κ1) is 16.7. The van der Waals surface area contributed by atoms with Crippen molar-refractivity contribution in [3.05, 3.63) is 69.2 Å². The molecule has 3 aromatic rings. The molecular formula is C18H13ClN4O2. The van der Waals surface area contributed by atoms with Gasteiger partial charge in [-0.1, -0.05) is 23.7 Å². The summed E-state index contributed by atoms with van der Waals surface area (Å²) in [6.07, 6.45) is 0. The molecule has 7 heteroatoms.